The summed E-state index contributed by atoms with van der Waals surface area (Å²) in [5.41, 5.74) is -1.38. The van der Waals surface area contributed by atoms with Gasteiger partial charge in [-0.2, -0.15) is 0 Å². The lowest BCUT2D eigenvalue weighted by molar-refractivity contribution is -0.237. The molecule has 0 saturated heterocycles. The highest BCUT2D eigenvalue weighted by Gasteiger charge is 2.80. The van der Waals surface area contributed by atoms with Crippen LogP contribution < -0.4 is 0 Å². The Morgan fingerprint density at radius 2 is 1.61 bits per heavy atom. The van der Waals surface area contributed by atoms with Crippen molar-refractivity contribution in [3.05, 3.63) is 0 Å². The fraction of sp³-hybridized carbons (Fsp3) is 1.00. The molecule has 0 amide bonds. The average molecular weight is 394 g/mol. The zero-order valence-electron chi connectivity index (χ0n) is 17.5. The first-order valence-electron chi connectivity index (χ1n) is 11.9. The largest absolute Gasteiger partial charge is 0.396 e. The summed E-state index contributed by atoms with van der Waals surface area (Å²) in [6.45, 7) is 4.87. The van der Waals surface area contributed by atoms with Gasteiger partial charge in [-0.1, -0.05) is 13.8 Å². The third-order valence-corrected chi connectivity index (χ3v) is 11.5. The Bertz CT molecular complexity index is 696. The van der Waals surface area contributed by atoms with Gasteiger partial charge in [-0.25, -0.2) is 0 Å². The van der Waals surface area contributed by atoms with E-state index in [2.05, 4.69) is 13.8 Å². The highest BCUT2D eigenvalue weighted by Crippen LogP contribution is 2.82. The summed E-state index contributed by atoms with van der Waals surface area (Å²) >= 11 is 0. The maximum absolute atomic E-state index is 11.9. The van der Waals surface area contributed by atoms with Crippen molar-refractivity contribution in [1.82, 2.24) is 0 Å². The van der Waals surface area contributed by atoms with Gasteiger partial charge in [0.15, 0.2) is 0 Å². The van der Waals surface area contributed by atoms with Crippen molar-refractivity contribution < 1.29 is 20.4 Å². The number of aliphatic hydroxyl groups excluding tert-OH is 2. The van der Waals surface area contributed by atoms with Crippen LogP contribution in [0.25, 0.3) is 0 Å². The molecule has 6 aliphatic rings. The highest BCUT2D eigenvalue weighted by atomic mass is 16.3. The zero-order chi connectivity index (χ0) is 19.7. The second-order valence-corrected chi connectivity index (χ2v) is 12.2. The molecular weight excluding hydrogens is 355 g/mol. The number of aliphatic hydroxyl groups is 4. The molecule has 0 aromatic heterocycles. The van der Waals surface area contributed by atoms with Crippen LogP contribution in [0.15, 0.2) is 0 Å². The molecule has 0 unspecified atom stereocenters. The second-order valence-electron chi connectivity index (χ2n) is 12.2. The van der Waals surface area contributed by atoms with Gasteiger partial charge in [0.1, 0.15) is 0 Å². The van der Waals surface area contributed by atoms with E-state index < -0.39 is 11.2 Å². The van der Waals surface area contributed by atoms with Crippen LogP contribution in [-0.2, 0) is 0 Å². The van der Waals surface area contributed by atoms with E-state index in [0.717, 1.165) is 38.5 Å². The predicted octanol–water partition coefficient (Wildman–Crippen LogP) is 2.72. The molecule has 4 heteroatoms. The van der Waals surface area contributed by atoms with Gasteiger partial charge in [0, 0.05) is 13.0 Å². The zero-order valence-corrected chi connectivity index (χ0v) is 17.5. The van der Waals surface area contributed by atoms with Gasteiger partial charge in [0.25, 0.3) is 0 Å². The van der Waals surface area contributed by atoms with Gasteiger partial charge in [-0.3, -0.25) is 0 Å². The van der Waals surface area contributed by atoms with Gasteiger partial charge < -0.3 is 20.4 Å². The van der Waals surface area contributed by atoms with Gasteiger partial charge in [0.2, 0.25) is 0 Å². The van der Waals surface area contributed by atoms with Crippen molar-refractivity contribution in [3.8, 4) is 0 Å². The highest BCUT2D eigenvalue weighted by molar-refractivity contribution is 5.29. The molecule has 6 fully saturated rings. The van der Waals surface area contributed by atoms with E-state index >= 15 is 0 Å². The van der Waals surface area contributed by atoms with Gasteiger partial charge in [0.05, 0.1) is 17.3 Å². The third kappa shape index (κ3) is 1.89. The predicted molar refractivity (Wildman–Crippen MR) is 105 cm³/mol. The fourth-order valence-corrected chi connectivity index (χ4v) is 10.1. The van der Waals surface area contributed by atoms with E-state index in [1.807, 2.05) is 0 Å². The van der Waals surface area contributed by atoms with Crippen LogP contribution in [-0.4, -0.2) is 44.3 Å². The molecule has 0 radical (unpaired) electrons. The third-order valence-electron chi connectivity index (χ3n) is 11.5. The first-order valence-corrected chi connectivity index (χ1v) is 11.9. The van der Waals surface area contributed by atoms with E-state index in [9.17, 15) is 20.4 Å². The van der Waals surface area contributed by atoms with E-state index in [1.165, 1.54) is 6.42 Å². The topological polar surface area (TPSA) is 80.9 Å². The van der Waals surface area contributed by atoms with E-state index in [-0.39, 0.29) is 23.5 Å². The second kappa shape index (κ2) is 5.36. The molecule has 6 rings (SSSR count). The first kappa shape index (κ1) is 18.6. The first-order chi connectivity index (χ1) is 13.2. The molecule has 0 heterocycles. The van der Waals surface area contributed by atoms with Crippen LogP contribution in [0.2, 0.25) is 0 Å². The van der Waals surface area contributed by atoms with Crippen molar-refractivity contribution in [2.45, 2.75) is 88.9 Å². The van der Waals surface area contributed by atoms with Crippen LogP contribution in [0.5, 0.6) is 0 Å². The molecule has 6 saturated carbocycles. The Balaban J connectivity index is 1.38. The lowest BCUT2D eigenvalue weighted by Gasteiger charge is -2.64. The molecule has 12 atom stereocenters. The summed E-state index contributed by atoms with van der Waals surface area (Å²) in [5, 5.41) is 43.4. The summed E-state index contributed by atoms with van der Waals surface area (Å²) < 4.78 is 0. The summed E-state index contributed by atoms with van der Waals surface area (Å²) in [4.78, 5) is 0. The quantitative estimate of drug-likeness (QED) is 0.556. The molecule has 4 nitrogen and oxygen atoms in total. The number of hydrogen-bond donors (Lipinski definition) is 4. The lowest BCUT2D eigenvalue weighted by atomic mass is 9.42. The minimum Gasteiger partial charge on any atom is -0.396 e. The van der Waals surface area contributed by atoms with Crippen molar-refractivity contribution in [2.75, 3.05) is 6.61 Å². The fourth-order valence-electron chi connectivity index (χ4n) is 10.1. The Labute approximate surface area is 168 Å². The number of rotatable bonds is 3. The number of fused-ring (bicyclic) bond motifs is 10. The Morgan fingerprint density at radius 3 is 2.36 bits per heavy atom. The molecule has 0 aromatic rings. The smallest absolute Gasteiger partial charge is 0.0759 e. The monoisotopic (exact) mass is 393 g/mol. The molecule has 4 N–H and O–H groups in total. The van der Waals surface area contributed by atoms with E-state index in [1.54, 1.807) is 0 Å². The van der Waals surface area contributed by atoms with Gasteiger partial charge >= 0.3 is 0 Å². The Hall–Kier alpha value is -0.160. The average Bonchev–Trinajstić information content (AvgIpc) is 3.54. The van der Waals surface area contributed by atoms with Crippen molar-refractivity contribution in [1.29, 1.82) is 0 Å². The van der Waals surface area contributed by atoms with Crippen LogP contribution >= 0.6 is 0 Å². The van der Waals surface area contributed by atoms with E-state index in [4.69, 9.17) is 0 Å². The summed E-state index contributed by atoms with van der Waals surface area (Å²) in [5.74, 6) is 3.82. The Kier molecular flexibility index (Phi) is 3.56. The van der Waals surface area contributed by atoms with E-state index in [0.29, 0.717) is 54.3 Å². The minimum absolute atomic E-state index is 0.0238. The maximum atomic E-state index is 11.9. The molecule has 158 valence electrons. The summed E-state index contributed by atoms with van der Waals surface area (Å²) in [6, 6.07) is 0. The SMILES string of the molecule is C[C@@]12CC[C@@H](O)C[C@]1(O)[C@H]1C[C@H]1[C@@H]1[C@H]3[C@H]4C[C@H]4[C@](O)([13CH2][13CH2][13CH2]O)[C@]3(C)CC[C@H]12. The normalized spacial score (nSPS) is 66.2. The molecule has 0 spiro atoms. The Morgan fingerprint density at radius 1 is 0.893 bits per heavy atom. The minimum atomic E-state index is -0.682. The summed E-state index contributed by atoms with van der Waals surface area (Å²) in [7, 11) is 0. The standard InChI is InChI=1S/C24H38O4/c1-21-7-4-13(26)12-24(21,28)17-10-14(17)19-16(21)5-8-22(2)20(19)15-11-18(15)23(22,27)6-3-9-25/h13-20,25-28H,3-12H2,1-2H3/t13-,14-,15+,16-,17+,18-,19+,20-,21+,22-,23-,24+/m1/s1/i3+1,6+1,9+1. The molecule has 0 aliphatic heterocycles. The van der Waals surface area contributed by atoms with Crippen LogP contribution in [0.3, 0.4) is 0 Å². The van der Waals surface area contributed by atoms with Gasteiger partial charge in [-0.15, -0.1) is 0 Å². The van der Waals surface area contributed by atoms with Gasteiger partial charge in [-0.05, 0) is 104 Å². The lowest BCUT2D eigenvalue weighted by Crippen LogP contribution is -2.65. The van der Waals surface area contributed by atoms with Crippen LogP contribution in [0, 0.1) is 52.3 Å². The van der Waals surface area contributed by atoms with Crippen LogP contribution in [0.4, 0.5) is 0 Å². The van der Waals surface area contributed by atoms with Crippen molar-refractivity contribution in [3.63, 3.8) is 0 Å². The molecule has 0 aromatic carbocycles. The van der Waals surface area contributed by atoms with Crippen molar-refractivity contribution >= 4 is 0 Å². The van der Waals surface area contributed by atoms with Crippen LogP contribution in [0.1, 0.15) is 71.6 Å². The number of hydrogen-bond acceptors (Lipinski definition) is 4. The molecule has 6 aliphatic carbocycles. The molecule has 28 heavy (non-hydrogen) atoms. The van der Waals surface area contributed by atoms with Crippen molar-refractivity contribution in [2.24, 2.45) is 52.3 Å². The maximum Gasteiger partial charge on any atom is 0.0759 e. The molecular formula is C24H38O4. The summed E-state index contributed by atoms with van der Waals surface area (Å²) in [6.07, 6.45) is 7.91. The molecule has 0 bridgehead atoms.